The lowest BCUT2D eigenvalue weighted by Crippen LogP contribution is -2.33. The van der Waals surface area contributed by atoms with Crippen molar-refractivity contribution in [2.24, 2.45) is 23.7 Å². The van der Waals surface area contributed by atoms with E-state index < -0.39 is 12.1 Å². The summed E-state index contributed by atoms with van der Waals surface area (Å²) < 4.78 is 5.37. The number of Topliss-reactive ketones (excluding diaryl/α,β-unsaturated/α-hetero) is 1. The third-order valence-corrected chi connectivity index (χ3v) is 8.64. The van der Waals surface area contributed by atoms with Crippen LogP contribution in [0.5, 0.6) is 0 Å². The number of ketones is 1. The van der Waals surface area contributed by atoms with Gasteiger partial charge < -0.3 is 4.74 Å². The summed E-state index contributed by atoms with van der Waals surface area (Å²) in [6.07, 6.45) is 0.857. The summed E-state index contributed by atoms with van der Waals surface area (Å²) in [5.74, 6) is -1.17. The van der Waals surface area contributed by atoms with E-state index in [2.05, 4.69) is 12.1 Å². The van der Waals surface area contributed by atoms with Gasteiger partial charge in [-0.25, -0.2) is 4.79 Å². The van der Waals surface area contributed by atoms with Crippen molar-refractivity contribution in [1.82, 2.24) is 0 Å². The van der Waals surface area contributed by atoms with Crippen LogP contribution in [0.2, 0.25) is 5.02 Å². The Kier molecular flexibility index (Phi) is 6.15. The van der Waals surface area contributed by atoms with E-state index in [-0.39, 0.29) is 46.8 Å². The molecule has 6 atom stereocenters. The number of hydrogen-bond acceptors (Lipinski definition) is 5. The molecule has 3 aromatic carbocycles. The first kappa shape index (κ1) is 24.6. The predicted octanol–water partition coefficient (Wildman–Crippen LogP) is 5.70. The summed E-state index contributed by atoms with van der Waals surface area (Å²) in [6.45, 7) is 1.51. The molecular weight excluding hydrogens is 502 g/mol. The maximum Gasteiger partial charge on any atom is 0.338 e. The van der Waals surface area contributed by atoms with Crippen molar-refractivity contribution in [3.63, 3.8) is 0 Å². The fraction of sp³-hybridized carbons (Fsp3) is 0.290. The molecule has 192 valence electrons. The van der Waals surface area contributed by atoms with Crippen molar-refractivity contribution in [3.05, 3.63) is 101 Å². The van der Waals surface area contributed by atoms with Crippen LogP contribution in [0.1, 0.15) is 52.0 Å². The van der Waals surface area contributed by atoms with E-state index >= 15 is 0 Å². The fourth-order valence-corrected chi connectivity index (χ4v) is 6.80. The minimum absolute atomic E-state index is 0.142. The third kappa shape index (κ3) is 4.04. The molecule has 2 saturated carbocycles. The molecule has 1 heterocycles. The number of amides is 2. The molecule has 2 amide bonds. The first-order chi connectivity index (χ1) is 18.3. The lowest BCUT2D eigenvalue weighted by atomic mass is 9.73. The lowest BCUT2D eigenvalue weighted by molar-refractivity contribution is -0.123. The Hall–Kier alpha value is -3.77. The van der Waals surface area contributed by atoms with Crippen LogP contribution in [0.4, 0.5) is 5.69 Å². The summed E-state index contributed by atoms with van der Waals surface area (Å²) in [7, 11) is 0. The Morgan fingerprint density at radius 2 is 1.47 bits per heavy atom. The number of anilines is 1. The molecule has 3 aliphatic rings. The van der Waals surface area contributed by atoms with E-state index in [1.807, 2.05) is 18.2 Å². The highest BCUT2D eigenvalue weighted by molar-refractivity contribution is 6.30. The molecule has 38 heavy (non-hydrogen) atoms. The Labute approximate surface area is 225 Å². The second kappa shape index (κ2) is 9.52. The topological polar surface area (TPSA) is 80.8 Å². The molecule has 0 unspecified atom stereocenters. The molecular formula is C31H26ClNO5. The largest absolute Gasteiger partial charge is 0.451 e. The Morgan fingerprint density at radius 3 is 2.16 bits per heavy atom. The van der Waals surface area contributed by atoms with Crippen molar-refractivity contribution in [3.8, 4) is 0 Å². The second-order valence-corrected chi connectivity index (χ2v) is 10.9. The summed E-state index contributed by atoms with van der Waals surface area (Å²) in [5, 5.41) is 0.508. The normalized spacial score (nSPS) is 26.4. The molecule has 6 nitrogen and oxygen atoms in total. The summed E-state index contributed by atoms with van der Waals surface area (Å²) in [4.78, 5) is 53.5. The molecule has 1 aliphatic heterocycles. The maximum absolute atomic E-state index is 13.5. The number of carbonyl (C=O) groups excluding carboxylic acids is 4. The smallest absolute Gasteiger partial charge is 0.338 e. The number of fused-ring (bicyclic) bond motifs is 5. The van der Waals surface area contributed by atoms with Crippen molar-refractivity contribution >= 4 is 40.9 Å². The van der Waals surface area contributed by atoms with E-state index in [9.17, 15) is 19.2 Å². The number of halogens is 1. The number of imide groups is 1. The SMILES string of the molecule is C[C@H](OC(=O)c1ccc(N2C(=O)[C@H]3[C@H]4C[C@@H]([C@@H]3C2=O)[C@H](c2ccccc2)C4)cc1)C(=O)c1ccc(Cl)cc1. The molecule has 0 radical (unpaired) electrons. The zero-order valence-corrected chi connectivity index (χ0v) is 21.5. The van der Waals surface area contributed by atoms with E-state index in [0.717, 1.165) is 12.8 Å². The lowest BCUT2D eigenvalue weighted by Gasteiger charge is -2.28. The van der Waals surface area contributed by atoms with Crippen LogP contribution in [-0.4, -0.2) is 29.7 Å². The van der Waals surface area contributed by atoms with Crippen LogP contribution in [-0.2, 0) is 14.3 Å². The quantitative estimate of drug-likeness (QED) is 0.233. The van der Waals surface area contributed by atoms with Gasteiger partial charge in [-0.15, -0.1) is 0 Å². The van der Waals surface area contributed by atoms with Crippen LogP contribution < -0.4 is 4.90 Å². The number of esters is 1. The molecule has 7 heteroatoms. The average molecular weight is 528 g/mol. The summed E-state index contributed by atoms with van der Waals surface area (Å²) >= 11 is 5.87. The van der Waals surface area contributed by atoms with Crippen LogP contribution in [0.25, 0.3) is 0 Å². The van der Waals surface area contributed by atoms with Gasteiger partial charge in [0.25, 0.3) is 0 Å². The first-order valence-electron chi connectivity index (χ1n) is 12.9. The third-order valence-electron chi connectivity index (χ3n) is 8.39. The zero-order chi connectivity index (χ0) is 26.6. The number of rotatable bonds is 6. The molecule has 1 saturated heterocycles. The number of nitrogens with zero attached hydrogens (tertiary/aromatic N) is 1. The number of hydrogen-bond donors (Lipinski definition) is 0. The number of benzene rings is 3. The highest BCUT2D eigenvalue weighted by atomic mass is 35.5. The van der Waals surface area contributed by atoms with Gasteiger partial charge in [-0.1, -0.05) is 41.9 Å². The van der Waals surface area contributed by atoms with Crippen LogP contribution in [0, 0.1) is 23.7 Å². The van der Waals surface area contributed by atoms with Crippen molar-refractivity contribution < 1.29 is 23.9 Å². The molecule has 0 spiro atoms. The number of carbonyl (C=O) groups is 4. The van der Waals surface area contributed by atoms with Crippen molar-refractivity contribution in [1.29, 1.82) is 0 Å². The highest BCUT2D eigenvalue weighted by Gasteiger charge is 2.64. The second-order valence-electron chi connectivity index (χ2n) is 10.4. The molecule has 0 N–H and O–H groups in total. The molecule has 2 bridgehead atoms. The first-order valence-corrected chi connectivity index (χ1v) is 13.2. The Bertz CT molecular complexity index is 1420. The number of ether oxygens (including phenoxy) is 1. The molecule has 0 aromatic heterocycles. The van der Waals surface area contributed by atoms with Gasteiger partial charge in [-0.3, -0.25) is 19.3 Å². The van der Waals surface area contributed by atoms with Crippen molar-refractivity contribution in [2.45, 2.75) is 31.8 Å². The monoisotopic (exact) mass is 527 g/mol. The van der Waals surface area contributed by atoms with Gasteiger partial charge in [0.15, 0.2) is 6.10 Å². The summed E-state index contributed by atoms with van der Waals surface area (Å²) in [5.41, 5.74) is 2.31. The van der Waals surface area contributed by atoms with E-state index in [4.69, 9.17) is 16.3 Å². The summed E-state index contributed by atoms with van der Waals surface area (Å²) in [6, 6.07) is 22.8. The maximum atomic E-state index is 13.5. The van der Waals surface area contributed by atoms with E-state index in [0.29, 0.717) is 22.2 Å². The minimum atomic E-state index is -0.988. The highest BCUT2D eigenvalue weighted by Crippen LogP contribution is 2.61. The van der Waals surface area contributed by atoms with Gasteiger partial charge in [0.2, 0.25) is 17.6 Å². The average Bonchev–Trinajstić information content (AvgIpc) is 3.60. The zero-order valence-electron chi connectivity index (χ0n) is 20.8. The Morgan fingerprint density at radius 1 is 0.842 bits per heavy atom. The molecule has 3 fully saturated rings. The molecule has 3 aromatic rings. The van der Waals surface area contributed by atoms with Crippen LogP contribution in [0.15, 0.2) is 78.9 Å². The van der Waals surface area contributed by atoms with Gasteiger partial charge >= 0.3 is 5.97 Å². The Balaban J connectivity index is 1.15. The van der Waals surface area contributed by atoms with E-state index in [1.54, 1.807) is 36.4 Å². The van der Waals surface area contributed by atoms with Gasteiger partial charge in [-0.2, -0.15) is 0 Å². The molecule has 6 rings (SSSR count). The van der Waals surface area contributed by atoms with E-state index in [1.165, 1.54) is 29.5 Å². The standard InChI is InChI=1S/C31H26ClNO5/c1-17(28(34)19-7-11-22(32)12-8-19)38-31(37)20-9-13-23(14-10-20)33-29(35)26-21-15-24(18-5-3-2-4-6-18)25(16-21)27(26)30(33)36/h2-14,17,21,24-27H,15-16H2,1H3/t17-,21+,24-,25+,26-,27-/m0/s1. The van der Waals surface area contributed by atoms with Gasteiger partial charge in [0.05, 0.1) is 23.1 Å². The van der Waals surface area contributed by atoms with Crippen LogP contribution >= 0.6 is 11.6 Å². The van der Waals surface area contributed by atoms with Gasteiger partial charge in [0.1, 0.15) is 0 Å². The van der Waals surface area contributed by atoms with Crippen molar-refractivity contribution in [2.75, 3.05) is 4.90 Å². The predicted molar refractivity (Wildman–Crippen MR) is 142 cm³/mol. The molecule has 2 aliphatic carbocycles. The fourth-order valence-electron chi connectivity index (χ4n) is 6.67. The minimum Gasteiger partial charge on any atom is -0.451 e. The van der Waals surface area contributed by atoms with Gasteiger partial charge in [0, 0.05) is 10.6 Å². The van der Waals surface area contributed by atoms with Crippen LogP contribution in [0.3, 0.4) is 0 Å². The van der Waals surface area contributed by atoms with Gasteiger partial charge in [-0.05, 0) is 91.6 Å².